The second-order valence-corrected chi connectivity index (χ2v) is 4.00. The monoisotopic (exact) mass is 152 g/mol. The summed E-state index contributed by atoms with van der Waals surface area (Å²) >= 11 is 0. The van der Waals surface area contributed by atoms with Gasteiger partial charge in [-0.2, -0.15) is 0 Å². The third kappa shape index (κ3) is 2.48. The first-order valence-corrected chi connectivity index (χ1v) is 4.99. The Morgan fingerprint density at radius 3 is 2.45 bits per heavy atom. The third-order valence-electron chi connectivity index (χ3n) is 2.88. The molecule has 1 nitrogen and oxygen atoms in total. The zero-order valence-corrected chi connectivity index (χ0v) is 7.18. The number of hydrogen-bond donors (Lipinski definition) is 1. The van der Waals surface area contributed by atoms with Gasteiger partial charge in [0.25, 0.3) is 0 Å². The number of piperidine rings is 1. The maximum atomic E-state index is 3.40. The maximum Gasteiger partial charge on any atom is -0.00462 e. The fraction of sp³-hybridized carbons (Fsp3) is 0.900. The summed E-state index contributed by atoms with van der Waals surface area (Å²) in [4.78, 5) is 0. The van der Waals surface area contributed by atoms with Crippen molar-refractivity contribution in [3.63, 3.8) is 0 Å². The Kier molecular flexibility index (Phi) is 2.47. The molecule has 0 atom stereocenters. The molecule has 1 saturated heterocycles. The molecule has 0 amide bonds. The van der Waals surface area contributed by atoms with Gasteiger partial charge in [0.1, 0.15) is 0 Å². The minimum Gasteiger partial charge on any atom is -0.317 e. The van der Waals surface area contributed by atoms with Crippen molar-refractivity contribution in [2.24, 2.45) is 11.8 Å². The van der Waals surface area contributed by atoms with E-state index in [-0.39, 0.29) is 0 Å². The fourth-order valence-electron chi connectivity index (χ4n) is 1.82. The topological polar surface area (TPSA) is 12.0 Å². The van der Waals surface area contributed by atoms with Crippen molar-refractivity contribution in [2.45, 2.75) is 32.1 Å². The van der Waals surface area contributed by atoms with Crippen LogP contribution in [0.1, 0.15) is 32.1 Å². The first-order chi connectivity index (χ1) is 5.45. The Bertz CT molecular complexity index is 112. The van der Waals surface area contributed by atoms with Gasteiger partial charge in [0.2, 0.25) is 0 Å². The Morgan fingerprint density at radius 1 is 1.09 bits per heavy atom. The van der Waals surface area contributed by atoms with Crippen LogP contribution in [0.15, 0.2) is 0 Å². The van der Waals surface area contributed by atoms with Gasteiger partial charge in [0.05, 0.1) is 0 Å². The van der Waals surface area contributed by atoms with Crippen molar-refractivity contribution < 1.29 is 0 Å². The predicted molar refractivity (Wildman–Crippen MR) is 47.2 cm³/mol. The largest absolute Gasteiger partial charge is 0.317 e. The van der Waals surface area contributed by atoms with Crippen LogP contribution in [-0.4, -0.2) is 13.1 Å². The van der Waals surface area contributed by atoms with Gasteiger partial charge in [-0.25, -0.2) is 0 Å². The Morgan fingerprint density at radius 2 is 1.82 bits per heavy atom. The lowest BCUT2D eigenvalue weighted by atomic mass is 9.92. The molecule has 2 aliphatic rings. The van der Waals surface area contributed by atoms with Gasteiger partial charge in [-0.3, -0.25) is 0 Å². The van der Waals surface area contributed by atoms with Crippen LogP contribution in [0.25, 0.3) is 0 Å². The molecule has 1 aliphatic heterocycles. The molecule has 1 saturated carbocycles. The molecule has 1 N–H and O–H groups in total. The highest BCUT2D eigenvalue weighted by molar-refractivity contribution is 4.86. The van der Waals surface area contributed by atoms with E-state index in [2.05, 4.69) is 11.7 Å². The Labute approximate surface area is 69.6 Å². The quantitative estimate of drug-likeness (QED) is 0.652. The van der Waals surface area contributed by atoms with Gasteiger partial charge < -0.3 is 5.32 Å². The zero-order valence-electron chi connectivity index (χ0n) is 7.18. The summed E-state index contributed by atoms with van der Waals surface area (Å²) in [7, 11) is 0. The molecule has 1 aliphatic carbocycles. The summed E-state index contributed by atoms with van der Waals surface area (Å²) in [6, 6.07) is 0. The van der Waals surface area contributed by atoms with Crippen molar-refractivity contribution in [1.29, 1.82) is 0 Å². The molecule has 1 heteroatoms. The molecule has 0 spiro atoms. The van der Waals surface area contributed by atoms with Crippen molar-refractivity contribution >= 4 is 0 Å². The summed E-state index contributed by atoms with van der Waals surface area (Å²) in [5.41, 5.74) is 0. The predicted octanol–water partition coefficient (Wildman–Crippen LogP) is 1.99. The van der Waals surface area contributed by atoms with Crippen molar-refractivity contribution in [2.75, 3.05) is 13.1 Å². The molecule has 0 aromatic rings. The number of hydrogen-bond acceptors (Lipinski definition) is 1. The maximum absolute atomic E-state index is 3.40. The summed E-state index contributed by atoms with van der Waals surface area (Å²) in [5.74, 6) is 2.03. The lowest BCUT2D eigenvalue weighted by Gasteiger charge is -2.21. The fourth-order valence-corrected chi connectivity index (χ4v) is 1.82. The second-order valence-electron chi connectivity index (χ2n) is 4.00. The lowest BCUT2D eigenvalue weighted by Crippen LogP contribution is -2.27. The summed E-state index contributed by atoms with van der Waals surface area (Å²) < 4.78 is 0. The van der Waals surface area contributed by atoms with E-state index in [0.29, 0.717) is 0 Å². The van der Waals surface area contributed by atoms with Gasteiger partial charge >= 0.3 is 0 Å². The van der Waals surface area contributed by atoms with Crippen LogP contribution < -0.4 is 5.32 Å². The summed E-state index contributed by atoms with van der Waals surface area (Å²) in [6.45, 7) is 2.48. The average Bonchev–Trinajstić information content (AvgIpc) is 2.86. The molecule has 63 valence electrons. The molecule has 0 bridgehead atoms. The molecule has 11 heavy (non-hydrogen) atoms. The molecule has 0 unspecified atom stereocenters. The molecular formula is C10H18N. The summed E-state index contributed by atoms with van der Waals surface area (Å²) in [6.07, 6.45) is 9.76. The highest BCUT2D eigenvalue weighted by Crippen LogP contribution is 2.35. The molecule has 2 rings (SSSR count). The number of nitrogens with one attached hydrogen (secondary N) is 1. The average molecular weight is 152 g/mol. The van der Waals surface area contributed by atoms with Crippen LogP contribution in [-0.2, 0) is 0 Å². The van der Waals surface area contributed by atoms with E-state index in [1.165, 1.54) is 45.2 Å². The van der Waals surface area contributed by atoms with Crippen LogP contribution in [0, 0.1) is 18.3 Å². The van der Waals surface area contributed by atoms with Crippen LogP contribution in [0.2, 0.25) is 0 Å². The van der Waals surface area contributed by atoms with Crippen molar-refractivity contribution in [3.05, 3.63) is 6.42 Å². The molecule has 1 radical (unpaired) electrons. The highest BCUT2D eigenvalue weighted by Gasteiger charge is 2.23. The SMILES string of the molecule is [CH](CC1CC1)C1CCNCC1. The minimum absolute atomic E-state index is 0.942. The van der Waals surface area contributed by atoms with Gasteiger partial charge in [-0.05, 0) is 50.6 Å². The first-order valence-electron chi connectivity index (χ1n) is 4.99. The molecule has 1 heterocycles. The lowest BCUT2D eigenvalue weighted by molar-refractivity contribution is 0.403. The smallest absolute Gasteiger partial charge is 0.00462 e. The summed E-state index contributed by atoms with van der Waals surface area (Å²) in [5, 5.41) is 3.40. The van der Waals surface area contributed by atoms with E-state index < -0.39 is 0 Å². The zero-order chi connectivity index (χ0) is 7.52. The van der Waals surface area contributed by atoms with E-state index in [1.807, 2.05) is 0 Å². The number of rotatable bonds is 3. The van der Waals surface area contributed by atoms with Crippen LogP contribution in [0.4, 0.5) is 0 Å². The normalized spacial score (nSPS) is 27.3. The Balaban J connectivity index is 1.59. The van der Waals surface area contributed by atoms with Gasteiger partial charge in [0, 0.05) is 0 Å². The van der Waals surface area contributed by atoms with Gasteiger partial charge in [0.15, 0.2) is 0 Å². The first kappa shape index (κ1) is 7.60. The molecular weight excluding hydrogens is 134 g/mol. The third-order valence-corrected chi connectivity index (χ3v) is 2.88. The van der Waals surface area contributed by atoms with E-state index in [4.69, 9.17) is 0 Å². The van der Waals surface area contributed by atoms with Crippen molar-refractivity contribution in [3.8, 4) is 0 Å². The van der Waals surface area contributed by atoms with Gasteiger partial charge in [-0.1, -0.05) is 12.8 Å². The van der Waals surface area contributed by atoms with E-state index in [1.54, 1.807) is 0 Å². The van der Waals surface area contributed by atoms with Crippen LogP contribution in [0.3, 0.4) is 0 Å². The van der Waals surface area contributed by atoms with E-state index >= 15 is 0 Å². The van der Waals surface area contributed by atoms with E-state index in [9.17, 15) is 0 Å². The second kappa shape index (κ2) is 3.57. The van der Waals surface area contributed by atoms with Crippen molar-refractivity contribution in [1.82, 2.24) is 5.32 Å². The highest BCUT2D eigenvalue weighted by atomic mass is 14.9. The van der Waals surface area contributed by atoms with Crippen LogP contribution in [0.5, 0.6) is 0 Å². The van der Waals surface area contributed by atoms with Crippen LogP contribution >= 0.6 is 0 Å². The molecule has 2 fully saturated rings. The van der Waals surface area contributed by atoms with Gasteiger partial charge in [-0.15, -0.1) is 0 Å². The molecule has 0 aromatic carbocycles. The molecule has 0 aromatic heterocycles. The van der Waals surface area contributed by atoms with E-state index in [0.717, 1.165) is 11.8 Å². The minimum atomic E-state index is 0.942. The Hall–Kier alpha value is -0.0400. The standard InChI is InChI=1S/C10H18N/c1-2-9(1)3-4-10-5-7-11-8-6-10/h4,9-11H,1-3,5-8H2.